The Kier molecular flexibility index (Phi) is 4.66. The summed E-state index contributed by atoms with van der Waals surface area (Å²) in [5, 5.41) is 11.7. The Morgan fingerprint density at radius 1 is 1.41 bits per heavy atom. The summed E-state index contributed by atoms with van der Waals surface area (Å²) in [7, 11) is 1.42. The first-order chi connectivity index (χ1) is 8.10. The lowest BCUT2D eigenvalue weighted by Crippen LogP contribution is -2.19. The maximum atomic E-state index is 11.4. The molecule has 1 rings (SSSR count). The number of rotatable bonds is 5. The Labute approximate surface area is 99.4 Å². The van der Waals surface area contributed by atoms with Gasteiger partial charge in [0, 0.05) is 12.8 Å². The van der Waals surface area contributed by atoms with E-state index in [0.717, 1.165) is 0 Å². The minimum Gasteiger partial charge on any atom is -0.478 e. The van der Waals surface area contributed by atoms with Crippen LogP contribution in [0.2, 0.25) is 0 Å². The molecule has 1 amide bonds. The largest absolute Gasteiger partial charge is 0.478 e. The number of hydrogen-bond donors (Lipinski definition) is 2. The summed E-state index contributed by atoms with van der Waals surface area (Å²) in [6.07, 6.45) is 0.533. The third-order valence-electron chi connectivity index (χ3n) is 2.31. The minimum absolute atomic E-state index is 0.0551. The molecule has 0 spiro atoms. The molecule has 0 unspecified atom stereocenters. The maximum Gasteiger partial charge on any atom is 0.336 e. The van der Waals surface area contributed by atoms with Crippen LogP contribution >= 0.6 is 0 Å². The second kappa shape index (κ2) is 6.00. The van der Waals surface area contributed by atoms with Crippen LogP contribution in [0.3, 0.4) is 0 Å². The predicted octanol–water partition coefficient (Wildman–Crippen LogP) is 1.53. The highest BCUT2D eigenvalue weighted by Crippen LogP contribution is 2.20. The number of ether oxygens (including phenoxy) is 1. The van der Waals surface area contributed by atoms with Crippen LogP contribution in [0.5, 0.6) is 0 Å². The lowest BCUT2D eigenvalue weighted by molar-refractivity contribution is -0.119. The molecule has 0 heterocycles. The first kappa shape index (κ1) is 13.2. The molecule has 0 radical (unpaired) electrons. The number of hydrogen-bond acceptors (Lipinski definition) is 3. The average molecular weight is 237 g/mol. The number of methoxy groups -OCH3 is 1. The molecule has 0 saturated carbocycles. The highest BCUT2D eigenvalue weighted by molar-refractivity contribution is 5.96. The van der Waals surface area contributed by atoms with E-state index in [9.17, 15) is 9.59 Å². The molecule has 0 atom stereocenters. The Morgan fingerprint density at radius 2 is 2.12 bits per heavy atom. The third kappa shape index (κ3) is 3.29. The van der Waals surface area contributed by atoms with Crippen molar-refractivity contribution in [2.45, 2.75) is 13.3 Å². The molecule has 0 fully saturated rings. The molecular formula is C12H15NO4. The number of amides is 1. The summed E-state index contributed by atoms with van der Waals surface area (Å²) >= 11 is 0. The van der Waals surface area contributed by atoms with Crippen LogP contribution in [0, 0.1) is 0 Å². The van der Waals surface area contributed by atoms with E-state index in [1.54, 1.807) is 12.1 Å². The Balaban J connectivity index is 3.03. The molecule has 0 aromatic heterocycles. The number of nitrogens with one attached hydrogen (secondary N) is 1. The molecule has 5 nitrogen and oxygen atoms in total. The SMILES string of the molecule is CCc1c(NC(=O)COC)cccc1C(=O)O. The zero-order valence-corrected chi connectivity index (χ0v) is 9.82. The molecule has 0 aliphatic rings. The van der Waals surface area contributed by atoms with Crippen molar-refractivity contribution in [2.75, 3.05) is 19.0 Å². The lowest BCUT2D eigenvalue weighted by atomic mass is 10.0. The lowest BCUT2D eigenvalue weighted by Gasteiger charge is -2.11. The van der Waals surface area contributed by atoms with E-state index in [2.05, 4.69) is 5.32 Å². The molecule has 2 N–H and O–H groups in total. The van der Waals surface area contributed by atoms with E-state index < -0.39 is 5.97 Å². The first-order valence-electron chi connectivity index (χ1n) is 5.24. The van der Waals surface area contributed by atoms with E-state index in [4.69, 9.17) is 9.84 Å². The van der Waals surface area contributed by atoms with Crippen LogP contribution in [-0.2, 0) is 16.0 Å². The van der Waals surface area contributed by atoms with Gasteiger partial charge in [-0.05, 0) is 24.1 Å². The van der Waals surface area contributed by atoms with Gasteiger partial charge >= 0.3 is 5.97 Å². The Morgan fingerprint density at radius 3 is 2.65 bits per heavy atom. The fourth-order valence-corrected chi connectivity index (χ4v) is 1.60. The van der Waals surface area contributed by atoms with Crippen LogP contribution < -0.4 is 5.32 Å². The van der Waals surface area contributed by atoms with Crippen LogP contribution in [0.25, 0.3) is 0 Å². The van der Waals surface area contributed by atoms with Gasteiger partial charge in [-0.2, -0.15) is 0 Å². The van der Waals surface area contributed by atoms with Gasteiger partial charge in [-0.25, -0.2) is 4.79 Å². The van der Waals surface area contributed by atoms with Crippen molar-refractivity contribution >= 4 is 17.6 Å². The zero-order chi connectivity index (χ0) is 12.8. The fraction of sp³-hybridized carbons (Fsp3) is 0.333. The van der Waals surface area contributed by atoms with Crippen molar-refractivity contribution in [2.24, 2.45) is 0 Å². The van der Waals surface area contributed by atoms with E-state index in [1.807, 2.05) is 6.92 Å². The summed E-state index contributed by atoms with van der Waals surface area (Å²) < 4.78 is 4.70. The van der Waals surface area contributed by atoms with Crippen LogP contribution in [0.1, 0.15) is 22.8 Å². The Bertz CT molecular complexity index is 429. The topological polar surface area (TPSA) is 75.6 Å². The van der Waals surface area contributed by atoms with E-state index in [1.165, 1.54) is 13.2 Å². The maximum absolute atomic E-state index is 11.4. The predicted molar refractivity (Wildman–Crippen MR) is 63.3 cm³/mol. The molecule has 92 valence electrons. The molecule has 1 aromatic rings. The fourth-order valence-electron chi connectivity index (χ4n) is 1.60. The Hall–Kier alpha value is -1.88. The highest BCUT2D eigenvalue weighted by atomic mass is 16.5. The van der Waals surface area contributed by atoms with Crippen molar-refractivity contribution in [1.82, 2.24) is 0 Å². The molecule has 5 heteroatoms. The summed E-state index contributed by atoms with van der Waals surface area (Å²) in [4.78, 5) is 22.4. The van der Waals surface area contributed by atoms with Gasteiger partial charge in [-0.1, -0.05) is 13.0 Å². The van der Waals surface area contributed by atoms with Gasteiger partial charge in [0.1, 0.15) is 6.61 Å². The standard InChI is InChI=1S/C12H15NO4/c1-3-8-9(12(15)16)5-4-6-10(8)13-11(14)7-17-2/h4-6H,3,7H2,1-2H3,(H,13,14)(H,15,16). The summed E-state index contributed by atoms with van der Waals surface area (Å²) in [5.41, 5.74) is 1.35. The molecule has 17 heavy (non-hydrogen) atoms. The van der Waals surface area contributed by atoms with Gasteiger partial charge in [0.15, 0.2) is 0 Å². The number of carboxylic acids is 1. The zero-order valence-electron chi connectivity index (χ0n) is 9.82. The molecule has 0 aliphatic carbocycles. The third-order valence-corrected chi connectivity index (χ3v) is 2.31. The molecule has 0 saturated heterocycles. The van der Waals surface area contributed by atoms with E-state index in [0.29, 0.717) is 17.7 Å². The number of aromatic carboxylic acids is 1. The van der Waals surface area contributed by atoms with Crippen molar-refractivity contribution in [3.05, 3.63) is 29.3 Å². The van der Waals surface area contributed by atoms with Gasteiger partial charge in [-0.15, -0.1) is 0 Å². The molecular weight excluding hydrogens is 222 g/mol. The van der Waals surface area contributed by atoms with Gasteiger partial charge in [0.05, 0.1) is 5.56 Å². The molecule has 0 bridgehead atoms. The summed E-state index contributed by atoms with van der Waals surface area (Å²) in [5.74, 6) is -1.30. The van der Waals surface area contributed by atoms with Gasteiger partial charge in [-0.3, -0.25) is 4.79 Å². The van der Waals surface area contributed by atoms with Crippen molar-refractivity contribution in [3.8, 4) is 0 Å². The minimum atomic E-state index is -0.996. The smallest absolute Gasteiger partial charge is 0.336 e. The monoisotopic (exact) mass is 237 g/mol. The average Bonchev–Trinajstić information content (AvgIpc) is 2.28. The molecule has 1 aromatic carbocycles. The quantitative estimate of drug-likeness (QED) is 0.814. The second-order valence-corrected chi connectivity index (χ2v) is 3.47. The number of carbonyl (C=O) groups excluding carboxylic acids is 1. The van der Waals surface area contributed by atoms with Crippen molar-refractivity contribution < 1.29 is 19.4 Å². The van der Waals surface area contributed by atoms with Crippen LogP contribution in [0.15, 0.2) is 18.2 Å². The van der Waals surface area contributed by atoms with E-state index >= 15 is 0 Å². The number of carboxylic acid groups (broad SMARTS) is 1. The number of benzene rings is 1. The van der Waals surface area contributed by atoms with Crippen LogP contribution in [-0.4, -0.2) is 30.7 Å². The number of carbonyl (C=O) groups is 2. The summed E-state index contributed by atoms with van der Waals surface area (Å²) in [6.45, 7) is 1.79. The van der Waals surface area contributed by atoms with Crippen molar-refractivity contribution in [3.63, 3.8) is 0 Å². The summed E-state index contributed by atoms with van der Waals surface area (Å²) in [6, 6.07) is 4.80. The number of anilines is 1. The van der Waals surface area contributed by atoms with Crippen molar-refractivity contribution in [1.29, 1.82) is 0 Å². The van der Waals surface area contributed by atoms with Gasteiger partial charge in [0.25, 0.3) is 0 Å². The van der Waals surface area contributed by atoms with Gasteiger partial charge in [0.2, 0.25) is 5.91 Å². The normalized spacial score (nSPS) is 10.0. The highest BCUT2D eigenvalue weighted by Gasteiger charge is 2.13. The van der Waals surface area contributed by atoms with Crippen LogP contribution in [0.4, 0.5) is 5.69 Å². The molecule has 0 aliphatic heterocycles. The van der Waals surface area contributed by atoms with E-state index in [-0.39, 0.29) is 18.1 Å². The first-order valence-corrected chi connectivity index (χ1v) is 5.24. The van der Waals surface area contributed by atoms with Gasteiger partial charge < -0.3 is 15.2 Å². The second-order valence-electron chi connectivity index (χ2n) is 3.47.